The summed E-state index contributed by atoms with van der Waals surface area (Å²) in [5.74, 6) is 1.40. The van der Waals surface area contributed by atoms with E-state index < -0.39 is 0 Å². The van der Waals surface area contributed by atoms with Crippen LogP contribution in [0.15, 0.2) is 76.5 Å². The zero-order valence-electron chi connectivity index (χ0n) is 17.3. The van der Waals surface area contributed by atoms with Crippen LogP contribution in [0.2, 0.25) is 0 Å². The van der Waals surface area contributed by atoms with Gasteiger partial charge in [0.1, 0.15) is 23.8 Å². The van der Waals surface area contributed by atoms with Gasteiger partial charge in [0.2, 0.25) is 5.91 Å². The summed E-state index contributed by atoms with van der Waals surface area (Å²) in [5.41, 5.74) is 2.14. The van der Waals surface area contributed by atoms with Crippen molar-refractivity contribution in [3.05, 3.63) is 89.0 Å². The van der Waals surface area contributed by atoms with E-state index in [9.17, 15) is 9.59 Å². The minimum absolute atomic E-state index is 0.129. The molecule has 2 amide bonds. The maximum absolute atomic E-state index is 12.7. The van der Waals surface area contributed by atoms with E-state index in [0.29, 0.717) is 46.8 Å². The summed E-state index contributed by atoms with van der Waals surface area (Å²) in [5, 5.41) is 7.75. The molecule has 2 aromatic heterocycles. The Morgan fingerprint density at radius 3 is 2.72 bits per heavy atom. The van der Waals surface area contributed by atoms with Gasteiger partial charge in [-0.05, 0) is 35.9 Å². The van der Waals surface area contributed by atoms with E-state index in [-0.39, 0.29) is 11.8 Å². The Kier molecular flexibility index (Phi) is 6.62. The van der Waals surface area contributed by atoms with E-state index in [1.54, 1.807) is 35.7 Å². The first-order valence-electron chi connectivity index (χ1n) is 9.94. The number of aromatic nitrogens is 1. The van der Waals surface area contributed by atoms with Crippen LogP contribution in [0.5, 0.6) is 5.75 Å². The van der Waals surface area contributed by atoms with Gasteiger partial charge in [-0.1, -0.05) is 36.4 Å². The first-order chi connectivity index (χ1) is 15.6. The van der Waals surface area contributed by atoms with E-state index in [1.807, 2.05) is 36.4 Å². The maximum atomic E-state index is 12.7. The van der Waals surface area contributed by atoms with E-state index in [4.69, 9.17) is 9.15 Å². The monoisotopic (exact) mass is 447 g/mol. The molecule has 0 aliphatic carbocycles. The van der Waals surface area contributed by atoms with Gasteiger partial charge in [-0.15, -0.1) is 11.3 Å². The van der Waals surface area contributed by atoms with Gasteiger partial charge in [0, 0.05) is 17.9 Å². The fourth-order valence-electron chi connectivity index (χ4n) is 2.90. The number of amides is 2. The average molecular weight is 448 g/mol. The Morgan fingerprint density at radius 2 is 1.91 bits per heavy atom. The standard InChI is InChI=1S/C24H21N3O4S/c1-16(28)25-13-20-10-11-22(31-20)21-15-32-24(26-21)27-23(29)18-8-5-9-19(12-18)30-14-17-6-3-2-4-7-17/h2-12,15H,13-14H2,1H3,(H,25,28)(H,26,27,29). The van der Waals surface area contributed by atoms with Crippen molar-refractivity contribution >= 4 is 28.3 Å². The van der Waals surface area contributed by atoms with Crippen molar-refractivity contribution < 1.29 is 18.7 Å². The highest BCUT2D eigenvalue weighted by molar-refractivity contribution is 7.14. The second kappa shape index (κ2) is 9.93. The van der Waals surface area contributed by atoms with Gasteiger partial charge in [-0.3, -0.25) is 14.9 Å². The highest BCUT2D eigenvalue weighted by Crippen LogP contribution is 2.27. The number of furan rings is 1. The Labute approximate surface area is 189 Å². The number of ether oxygens (including phenoxy) is 1. The number of hydrogen-bond donors (Lipinski definition) is 2. The van der Waals surface area contributed by atoms with E-state index >= 15 is 0 Å². The lowest BCUT2D eigenvalue weighted by atomic mass is 10.2. The molecule has 0 aliphatic heterocycles. The predicted molar refractivity (Wildman–Crippen MR) is 123 cm³/mol. The van der Waals surface area contributed by atoms with Crippen LogP contribution in [-0.2, 0) is 17.9 Å². The molecule has 4 aromatic rings. The number of thiazole rings is 1. The first kappa shape index (κ1) is 21.3. The number of rotatable bonds is 8. The lowest BCUT2D eigenvalue weighted by Gasteiger charge is -2.08. The summed E-state index contributed by atoms with van der Waals surface area (Å²) in [6.07, 6.45) is 0. The van der Waals surface area contributed by atoms with Crippen molar-refractivity contribution in [1.29, 1.82) is 0 Å². The molecule has 2 N–H and O–H groups in total. The van der Waals surface area contributed by atoms with E-state index in [2.05, 4.69) is 15.6 Å². The molecule has 32 heavy (non-hydrogen) atoms. The molecule has 0 atom stereocenters. The highest BCUT2D eigenvalue weighted by atomic mass is 32.1. The highest BCUT2D eigenvalue weighted by Gasteiger charge is 2.13. The smallest absolute Gasteiger partial charge is 0.257 e. The summed E-state index contributed by atoms with van der Waals surface area (Å²) in [6, 6.07) is 20.4. The second-order valence-electron chi connectivity index (χ2n) is 6.97. The Balaban J connectivity index is 1.37. The molecule has 7 nitrogen and oxygen atoms in total. The van der Waals surface area contributed by atoms with E-state index in [1.165, 1.54) is 18.3 Å². The zero-order valence-corrected chi connectivity index (χ0v) is 18.1. The molecule has 0 saturated heterocycles. The zero-order chi connectivity index (χ0) is 22.3. The molecule has 0 saturated carbocycles. The number of carbonyl (C=O) groups excluding carboxylic acids is 2. The molecule has 0 fully saturated rings. The predicted octanol–water partition coefficient (Wildman–Crippen LogP) is 4.87. The molecule has 2 aromatic carbocycles. The number of nitrogens with one attached hydrogen (secondary N) is 2. The van der Waals surface area contributed by atoms with Gasteiger partial charge in [0.05, 0.1) is 6.54 Å². The van der Waals surface area contributed by atoms with Gasteiger partial charge in [-0.2, -0.15) is 0 Å². The van der Waals surface area contributed by atoms with Crippen molar-refractivity contribution in [3.8, 4) is 17.2 Å². The average Bonchev–Trinajstić information content (AvgIpc) is 3.47. The summed E-state index contributed by atoms with van der Waals surface area (Å²) in [4.78, 5) is 28.1. The van der Waals surface area contributed by atoms with Crippen LogP contribution >= 0.6 is 11.3 Å². The molecule has 0 aliphatic rings. The van der Waals surface area contributed by atoms with Gasteiger partial charge in [0.25, 0.3) is 5.91 Å². The van der Waals surface area contributed by atoms with Gasteiger partial charge < -0.3 is 14.5 Å². The third kappa shape index (κ3) is 5.61. The molecule has 0 bridgehead atoms. The molecule has 4 rings (SSSR count). The largest absolute Gasteiger partial charge is 0.489 e. The van der Waals surface area contributed by atoms with Gasteiger partial charge in [0.15, 0.2) is 10.9 Å². The van der Waals surface area contributed by atoms with Crippen molar-refractivity contribution in [2.75, 3.05) is 5.32 Å². The summed E-state index contributed by atoms with van der Waals surface area (Å²) in [6.45, 7) is 2.19. The van der Waals surface area contributed by atoms with Gasteiger partial charge >= 0.3 is 0 Å². The minimum atomic E-state index is -0.276. The van der Waals surface area contributed by atoms with Crippen LogP contribution in [0.3, 0.4) is 0 Å². The number of hydrogen-bond acceptors (Lipinski definition) is 6. The van der Waals surface area contributed by atoms with E-state index in [0.717, 1.165) is 5.56 Å². The first-order valence-corrected chi connectivity index (χ1v) is 10.8. The molecule has 2 heterocycles. The molecule has 0 radical (unpaired) electrons. The summed E-state index contributed by atoms with van der Waals surface area (Å²) >= 11 is 1.30. The Bertz CT molecular complexity index is 1220. The molecular weight excluding hydrogens is 426 g/mol. The summed E-state index contributed by atoms with van der Waals surface area (Å²) < 4.78 is 11.5. The Morgan fingerprint density at radius 1 is 1.06 bits per heavy atom. The summed E-state index contributed by atoms with van der Waals surface area (Å²) in [7, 11) is 0. The molecule has 0 unspecified atom stereocenters. The third-order valence-electron chi connectivity index (χ3n) is 4.49. The number of benzene rings is 2. The van der Waals surface area contributed by atoms with Crippen molar-refractivity contribution in [1.82, 2.24) is 10.3 Å². The van der Waals surface area contributed by atoms with Crippen molar-refractivity contribution in [3.63, 3.8) is 0 Å². The fraction of sp³-hybridized carbons (Fsp3) is 0.125. The van der Waals surface area contributed by atoms with Crippen molar-refractivity contribution in [2.45, 2.75) is 20.1 Å². The Hall–Kier alpha value is -3.91. The van der Waals surface area contributed by atoms with Crippen LogP contribution in [0, 0.1) is 0 Å². The van der Waals surface area contributed by atoms with Crippen LogP contribution in [0.25, 0.3) is 11.5 Å². The maximum Gasteiger partial charge on any atom is 0.257 e. The normalized spacial score (nSPS) is 10.5. The fourth-order valence-corrected chi connectivity index (χ4v) is 3.60. The number of nitrogens with zero attached hydrogens (tertiary/aromatic N) is 1. The third-order valence-corrected chi connectivity index (χ3v) is 5.25. The lowest BCUT2D eigenvalue weighted by molar-refractivity contribution is -0.119. The SMILES string of the molecule is CC(=O)NCc1ccc(-c2csc(NC(=O)c3cccc(OCc4ccccc4)c3)n2)o1. The number of anilines is 1. The van der Waals surface area contributed by atoms with Crippen LogP contribution in [-0.4, -0.2) is 16.8 Å². The molecule has 162 valence electrons. The molecule has 0 spiro atoms. The second-order valence-corrected chi connectivity index (χ2v) is 7.83. The molecular formula is C24H21N3O4S. The van der Waals surface area contributed by atoms with Crippen LogP contribution in [0.1, 0.15) is 28.6 Å². The van der Waals surface area contributed by atoms with Crippen LogP contribution in [0.4, 0.5) is 5.13 Å². The minimum Gasteiger partial charge on any atom is -0.489 e. The number of carbonyl (C=O) groups is 2. The van der Waals surface area contributed by atoms with Crippen LogP contribution < -0.4 is 15.4 Å². The topological polar surface area (TPSA) is 93.5 Å². The molecule has 8 heteroatoms. The quantitative estimate of drug-likeness (QED) is 0.402. The van der Waals surface area contributed by atoms with Gasteiger partial charge in [-0.25, -0.2) is 4.98 Å². The van der Waals surface area contributed by atoms with Crippen molar-refractivity contribution in [2.24, 2.45) is 0 Å². The lowest BCUT2D eigenvalue weighted by Crippen LogP contribution is -2.18.